The highest BCUT2D eigenvalue weighted by atomic mass is 16.6. The Hall–Kier alpha value is -1.96. The summed E-state index contributed by atoms with van der Waals surface area (Å²) in [5.41, 5.74) is -1.07. The van der Waals surface area contributed by atoms with Crippen LogP contribution in [0.5, 0.6) is 0 Å². The van der Waals surface area contributed by atoms with Crippen LogP contribution in [0.2, 0.25) is 0 Å². The van der Waals surface area contributed by atoms with Gasteiger partial charge in [-0.15, -0.1) is 0 Å². The lowest BCUT2D eigenvalue weighted by Gasteiger charge is -2.20. The molecular weight excluding hydrogens is 240 g/mol. The number of carboxylic acid groups (broad SMARTS) is 1. The lowest BCUT2D eigenvalue weighted by Crippen LogP contribution is -2.47. The monoisotopic (exact) mass is 256 g/mol. The number of hydrogen-bond acceptors (Lipinski definition) is 5. The molecule has 0 amide bonds. The summed E-state index contributed by atoms with van der Waals surface area (Å²) in [6.45, 7) is 5.32. The second-order valence-electron chi connectivity index (χ2n) is 4.43. The van der Waals surface area contributed by atoms with Gasteiger partial charge in [-0.1, -0.05) is 0 Å². The molecule has 2 N–H and O–H groups in total. The molecule has 0 radical (unpaired) electrons. The Morgan fingerprint density at radius 3 is 2.78 bits per heavy atom. The summed E-state index contributed by atoms with van der Waals surface area (Å²) in [6, 6.07) is 0. The molecule has 8 heteroatoms. The molecule has 0 aromatic carbocycles. The van der Waals surface area contributed by atoms with E-state index in [1.165, 1.54) is 24.6 Å². The van der Waals surface area contributed by atoms with Crippen LogP contribution in [0.15, 0.2) is 6.20 Å². The molecule has 0 fully saturated rings. The van der Waals surface area contributed by atoms with Gasteiger partial charge in [0.2, 0.25) is 0 Å². The smallest absolute Gasteiger partial charge is 0.342 e. The normalized spacial score (nSPS) is 11.5. The average Bonchev–Trinajstić information content (AvgIpc) is 2.60. The van der Waals surface area contributed by atoms with Crippen LogP contribution < -0.4 is 5.32 Å². The van der Waals surface area contributed by atoms with E-state index in [9.17, 15) is 14.9 Å². The van der Waals surface area contributed by atoms with E-state index in [0.29, 0.717) is 18.9 Å². The van der Waals surface area contributed by atoms with E-state index in [2.05, 4.69) is 10.3 Å². The van der Waals surface area contributed by atoms with Crippen LogP contribution >= 0.6 is 0 Å². The van der Waals surface area contributed by atoms with E-state index in [1.807, 2.05) is 0 Å². The molecule has 8 nitrogen and oxygen atoms in total. The van der Waals surface area contributed by atoms with Crippen molar-refractivity contribution in [2.45, 2.75) is 32.9 Å². The number of carboxylic acids is 1. The lowest BCUT2D eigenvalue weighted by atomic mass is 10.1. The van der Waals surface area contributed by atoms with Crippen LogP contribution in [0.4, 0.5) is 5.82 Å². The van der Waals surface area contributed by atoms with Crippen molar-refractivity contribution in [3.8, 4) is 0 Å². The Balaban J connectivity index is 2.67. The Bertz CT molecular complexity index is 466. The zero-order valence-electron chi connectivity index (χ0n) is 10.5. The maximum Gasteiger partial charge on any atom is 0.342 e. The minimum Gasteiger partial charge on any atom is -0.480 e. The Labute approximate surface area is 104 Å². The summed E-state index contributed by atoms with van der Waals surface area (Å²) in [4.78, 5) is 25.0. The van der Waals surface area contributed by atoms with E-state index >= 15 is 0 Å². The number of aliphatic carboxylic acids is 1. The van der Waals surface area contributed by atoms with Crippen molar-refractivity contribution >= 4 is 11.8 Å². The summed E-state index contributed by atoms with van der Waals surface area (Å²) in [5, 5.41) is 22.5. The maximum absolute atomic E-state index is 10.9. The fraction of sp³-hybridized carbons (Fsp3) is 0.600. The molecule has 1 rings (SSSR count). The number of hydrogen-bond donors (Lipinski definition) is 2. The Morgan fingerprint density at radius 2 is 2.28 bits per heavy atom. The molecular formula is C10H16N4O4. The lowest BCUT2D eigenvalue weighted by molar-refractivity contribution is -0.392. The highest BCUT2D eigenvalue weighted by Gasteiger charge is 2.26. The molecule has 18 heavy (non-hydrogen) atoms. The fourth-order valence-corrected chi connectivity index (χ4v) is 1.43. The van der Waals surface area contributed by atoms with E-state index < -0.39 is 16.4 Å². The van der Waals surface area contributed by atoms with Gasteiger partial charge < -0.3 is 15.2 Å². The zero-order chi connectivity index (χ0) is 13.9. The number of nitrogens with zero attached hydrogens (tertiary/aromatic N) is 3. The molecule has 0 unspecified atom stereocenters. The van der Waals surface area contributed by atoms with Crippen LogP contribution in [0.1, 0.15) is 19.7 Å². The van der Waals surface area contributed by atoms with Crippen LogP contribution in [0.25, 0.3) is 0 Å². The van der Waals surface area contributed by atoms with Crippen molar-refractivity contribution in [3.63, 3.8) is 0 Å². The van der Waals surface area contributed by atoms with Gasteiger partial charge in [-0.2, -0.15) is 0 Å². The van der Waals surface area contributed by atoms with Gasteiger partial charge in [-0.05, 0) is 18.8 Å². The number of aryl methyl sites for hydroxylation is 1. The number of rotatable bonds is 6. The molecule has 1 aromatic rings. The predicted molar refractivity (Wildman–Crippen MR) is 63.3 cm³/mol. The maximum atomic E-state index is 10.9. The SMILES string of the molecule is Cc1ncc([N+](=O)[O-])n1CCNC(C)(C)C(=O)O. The van der Waals surface area contributed by atoms with Crippen molar-refractivity contribution in [1.82, 2.24) is 14.9 Å². The quantitative estimate of drug-likeness (QED) is 0.568. The molecule has 0 spiro atoms. The third-order valence-electron chi connectivity index (χ3n) is 2.66. The second-order valence-corrected chi connectivity index (χ2v) is 4.43. The molecule has 0 saturated heterocycles. The standard InChI is InChI=1S/C10H16N4O4/c1-7-11-6-8(14(17)18)13(7)5-4-12-10(2,3)9(15)16/h6,12H,4-5H2,1-3H3,(H,15,16). The molecule has 0 saturated carbocycles. The van der Waals surface area contributed by atoms with Crippen molar-refractivity contribution in [2.75, 3.05) is 6.54 Å². The molecule has 0 atom stereocenters. The number of nitrogens with one attached hydrogen (secondary N) is 1. The van der Waals surface area contributed by atoms with Gasteiger partial charge in [0.15, 0.2) is 5.82 Å². The summed E-state index contributed by atoms with van der Waals surface area (Å²) in [5.74, 6) is -0.543. The number of imidazole rings is 1. The van der Waals surface area contributed by atoms with Crippen molar-refractivity contribution < 1.29 is 14.8 Å². The van der Waals surface area contributed by atoms with Crippen LogP contribution in [-0.4, -0.2) is 37.6 Å². The first-order valence-corrected chi connectivity index (χ1v) is 5.40. The fourth-order valence-electron chi connectivity index (χ4n) is 1.43. The van der Waals surface area contributed by atoms with Crippen molar-refractivity contribution in [2.24, 2.45) is 0 Å². The number of carbonyl (C=O) groups is 1. The van der Waals surface area contributed by atoms with Gasteiger partial charge in [-0.25, -0.2) is 9.55 Å². The molecule has 0 aliphatic rings. The second kappa shape index (κ2) is 5.13. The minimum absolute atomic E-state index is 0.0950. The van der Waals surface area contributed by atoms with Gasteiger partial charge in [0.25, 0.3) is 0 Å². The average molecular weight is 256 g/mol. The largest absolute Gasteiger partial charge is 0.480 e. The van der Waals surface area contributed by atoms with E-state index in [-0.39, 0.29) is 5.82 Å². The molecule has 1 aromatic heterocycles. The molecule has 0 bridgehead atoms. The van der Waals surface area contributed by atoms with Crippen LogP contribution in [0.3, 0.4) is 0 Å². The van der Waals surface area contributed by atoms with Gasteiger partial charge in [-0.3, -0.25) is 10.1 Å². The van der Waals surface area contributed by atoms with E-state index in [4.69, 9.17) is 5.11 Å². The van der Waals surface area contributed by atoms with Gasteiger partial charge in [0, 0.05) is 13.5 Å². The molecule has 1 heterocycles. The van der Waals surface area contributed by atoms with Crippen molar-refractivity contribution in [3.05, 3.63) is 22.1 Å². The highest BCUT2D eigenvalue weighted by Crippen LogP contribution is 2.13. The predicted octanol–water partition coefficient (Wildman–Crippen LogP) is 0.553. The first-order chi connectivity index (χ1) is 8.25. The minimum atomic E-state index is -1.07. The zero-order valence-corrected chi connectivity index (χ0v) is 10.5. The first-order valence-electron chi connectivity index (χ1n) is 5.40. The van der Waals surface area contributed by atoms with E-state index in [1.54, 1.807) is 6.92 Å². The summed E-state index contributed by atoms with van der Waals surface area (Å²) in [7, 11) is 0. The van der Waals surface area contributed by atoms with Crippen molar-refractivity contribution in [1.29, 1.82) is 0 Å². The third-order valence-corrected chi connectivity index (χ3v) is 2.66. The molecule has 0 aliphatic heterocycles. The van der Waals surface area contributed by atoms with Gasteiger partial charge in [0.05, 0.1) is 0 Å². The van der Waals surface area contributed by atoms with Gasteiger partial charge >= 0.3 is 11.8 Å². The topological polar surface area (TPSA) is 110 Å². The highest BCUT2D eigenvalue weighted by molar-refractivity contribution is 5.77. The third kappa shape index (κ3) is 3.04. The van der Waals surface area contributed by atoms with Gasteiger partial charge in [0.1, 0.15) is 18.3 Å². The van der Waals surface area contributed by atoms with Crippen LogP contribution in [-0.2, 0) is 11.3 Å². The molecule has 0 aliphatic carbocycles. The Morgan fingerprint density at radius 1 is 1.67 bits per heavy atom. The molecule has 100 valence electrons. The number of nitro groups is 1. The van der Waals surface area contributed by atoms with E-state index in [0.717, 1.165) is 0 Å². The first kappa shape index (κ1) is 14.1. The summed E-state index contributed by atoms with van der Waals surface area (Å²) in [6.07, 6.45) is 1.19. The van der Waals surface area contributed by atoms with Crippen LogP contribution in [0, 0.1) is 17.0 Å². The Kier molecular flexibility index (Phi) is 4.02. The summed E-state index contributed by atoms with van der Waals surface area (Å²) < 4.78 is 1.44. The summed E-state index contributed by atoms with van der Waals surface area (Å²) >= 11 is 0. The number of aromatic nitrogens is 2.